The van der Waals surface area contributed by atoms with E-state index >= 15 is 0 Å². The van der Waals surface area contributed by atoms with Crippen molar-refractivity contribution in [3.05, 3.63) is 34.9 Å². The average molecular weight is 313 g/mol. The molecule has 4 heteroatoms. The third-order valence-electron chi connectivity index (χ3n) is 4.10. The van der Waals surface area contributed by atoms with Crippen molar-refractivity contribution in [2.45, 2.75) is 38.8 Å². The summed E-state index contributed by atoms with van der Waals surface area (Å²) in [4.78, 5) is 2.50. The second kappa shape index (κ2) is 10.2. The third-order valence-corrected chi connectivity index (χ3v) is 4.34. The molecule has 2 atom stereocenters. The minimum atomic E-state index is 0.331. The first-order valence-electron chi connectivity index (χ1n) is 7.78. The lowest BCUT2D eigenvalue weighted by Crippen LogP contribution is -2.37. The normalized spacial score (nSPS) is 14.4. The molecule has 0 saturated heterocycles. The standard InChI is InChI=1S/C17H29ClN2O/c1-5-14(2)20(11-12-21-4)10-9-17(19-3)15-7-6-8-16(18)13-15/h6-8,13-14,17,19H,5,9-12H2,1-4H3. The van der Waals surface area contributed by atoms with Crippen molar-refractivity contribution in [1.82, 2.24) is 10.2 Å². The van der Waals surface area contributed by atoms with Gasteiger partial charge < -0.3 is 10.1 Å². The van der Waals surface area contributed by atoms with E-state index in [1.54, 1.807) is 7.11 Å². The lowest BCUT2D eigenvalue weighted by Gasteiger charge is -2.30. The number of nitrogens with one attached hydrogen (secondary N) is 1. The van der Waals surface area contributed by atoms with Gasteiger partial charge in [0.15, 0.2) is 0 Å². The van der Waals surface area contributed by atoms with Crippen LogP contribution in [0.25, 0.3) is 0 Å². The molecule has 2 unspecified atom stereocenters. The van der Waals surface area contributed by atoms with Crippen LogP contribution >= 0.6 is 11.6 Å². The van der Waals surface area contributed by atoms with Crippen LogP contribution in [0.15, 0.2) is 24.3 Å². The van der Waals surface area contributed by atoms with Crippen LogP contribution in [0.4, 0.5) is 0 Å². The van der Waals surface area contributed by atoms with Crippen molar-refractivity contribution in [2.75, 3.05) is 33.9 Å². The van der Waals surface area contributed by atoms with E-state index in [-0.39, 0.29) is 0 Å². The molecule has 0 fully saturated rings. The van der Waals surface area contributed by atoms with Crippen molar-refractivity contribution in [3.8, 4) is 0 Å². The summed E-state index contributed by atoms with van der Waals surface area (Å²) in [5, 5.41) is 4.19. The quantitative estimate of drug-likeness (QED) is 0.712. The molecular weight excluding hydrogens is 284 g/mol. The summed E-state index contributed by atoms with van der Waals surface area (Å²) in [6, 6.07) is 9.03. The fourth-order valence-electron chi connectivity index (χ4n) is 2.52. The van der Waals surface area contributed by atoms with Gasteiger partial charge in [-0.3, -0.25) is 4.90 Å². The Labute approximate surface area is 134 Å². The Balaban J connectivity index is 2.62. The molecule has 0 aliphatic heterocycles. The molecule has 3 nitrogen and oxygen atoms in total. The molecule has 1 N–H and O–H groups in total. The van der Waals surface area contributed by atoms with Gasteiger partial charge in [-0.1, -0.05) is 30.7 Å². The first-order chi connectivity index (χ1) is 10.1. The summed E-state index contributed by atoms with van der Waals surface area (Å²) in [6.07, 6.45) is 2.22. The van der Waals surface area contributed by atoms with Gasteiger partial charge in [0.05, 0.1) is 6.61 Å². The van der Waals surface area contributed by atoms with Crippen LogP contribution < -0.4 is 5.32 Å². The summed E-state index contributed by atoms with van der Waals surface area (Å²) >= 11 is 6.10. The van der Waals surface area contributed by atoms with Gasteiger partial charge in [-0.25, -0.2) is 0 Å². The Morgan fingerprint density at radius 2 is 2.10 bits per heavy atom. The minimum Gasteiger partial charge on any atom is -0.383 e. The Bertz CT molecular complexity index is 400. The van der Waals surface area contributed by atoms with Crippen LogP contribution in [-0.2, 0) is 4.74 Å². The first-order valence-corrected chi connectivity index (χ1v) is 8.15. The molecule has 1 aromatic carbocycles. The molecule has 1 aromatic rings. The van der Waals surface area contributed by atoms with E-state index in [9.17, 15) is 0 Å². The maximum absolute atomic E-state index is 6.10. The van der Waals surface area contributed by atoms with Crippen molar-refractivity contribution in [1.29, 1.82) is 0 Å². The summed E-state index contributed by atoms with van der Waals surface area (Å²) in [6.45, 7) is 7.33. The Kier molecular flexibility index (Phi) is 8.93. The second-order valence-electron chi connectivity index (χ2n) is 5.47. The monoisotopic (exact) mass is 312 g/mol. The van der Waals surface area contributed by atoms with Crippen LogP contribution in [0, 0.1) is 0 Å². The smallest absolute Gasteiger partial charge is 0.0589 e. The number of benzene rings is 1. The van der Waals surface area contributed by atoms with Crippen molar-refractivity contribution in [3.63, 3.8) is 0 Å². The van der Waals surface area contributed by atoms with Crippen molar-refractivity contribution < 1.29 is 4.74 Å². The third kappa shape index (κ3) is 6.35. The van der Waals surface area contributed by atoms with Crippen LogP contribution in [-0.4, -0.2) is 44.8 Å². The molecule has 0 aliphatic rings. The lowest BCUT2D eigenvalue weighted by molar-refractivity contribution is 0.119. The number of hydrogen-bond acceptors (Lipinski definition) is 3. The van der Waals surface area contributed by atoms with Gasteiger partial charge in [0.1, 0.15) is 0 Å². The summed E-state index contributed by atoms with van der Waals surface area (Å²) < 4.78 is 5.23. The molecule has 1 rings (SSSR count). The molecule has 0 spiro atoms. The van der Waals surface area contributed by atoms with Gasteiger partial charge in [0.25, 0.3) is 0 Å². The molecule has 0 bridgehead atoms. The molecule has 0 aliphatic carbocycles. The fraction of sp³-hybridized carbons (Fsp3) is 0.647. The van der Waals surface area contributed by atoms with E-state index in [1.165, 1.54) is 5.56 Å². The van der Waals surface area contributed by atoms with Gasteiger partial charge >= 0.3 is 0 Å². The number of methoxy groups -OCH3 is 1. The number of halogens is 1. The zero-order valence-corrected chi connectivity index (χ0v) is 14.5. The van der Waals surface area contributed by atoms with Gasteiger partial charge in [-0.15, -0.1) is 0 Å². The van der Waals surface area contributed by atoms with Crippen molar-refractivity contribution >= 4 is 11.6 Å². The number of hydrogen-bond donors (Lipinski definition) is 1. The number of ether oxygens (including phenoxy) is 1. The SMILES string of the molecule is CCC(C)N(CCOC)CCC(NC)c1cccc(Cl)c1. The first kappa shape index (κ1) is 18.4. The Hall–Kier alpha value is -0.610. The summed E-state index contributed by atoms with van der Waals surface area (Å²) in [7, 11) is 3.77. The Morgan fingerprint density at radius 1 is 1.33 bits per heavy atom. The summed E-state index contributed by atoms with van der Waals surface area (Å²) in [5.41, 5.74) is 1.25. The van der Waals surface area contributed by atoms with E-state index in [2.05, 4.69) is 30.1 Å². The highest BCUT2D eigenvalue weighted by atomic mass is 35.5. The fourth-order valence-corrected chi connectivity index (χ4v) is 2.71. The largest absolute Gasteiger partial charge is 0.383 e. The average Bonchev–Trinajstić information content (AvgIpc) is 2.50. The van der Waals surface area contributed by atoms with Gasteiger partial charge in [-0.2, -0.15) is 0 Å². The Morgan fingerprint density at radius 3 is 2.67 bits per heavy atom. The summed E-state index contributed by atoms with van der Waals surface area (Å²) in [5.74, 6) is 0. The molecule has 0 saturated carbocycles. The predicted molar refractivity (Wildman–Crippen MR) is 91.1 cm³/mol. The van der Waals surface area contributed by atoms with E-state index < -0.39 is 0 Å². The molecular formula is C17H29ClN2O. The lowest BCUT2D eigenvalue weighted by atomic mass is 10.0. The molecule has 0 aromatic heterocycles. The van der Waals surface area contributed by atoms with E-state index in [0.29, 0.717) is 12.1 Å². The van der Waals surface area contributed by atoms with E-state index in [4.69, 9.17) is 16.3 Å². The van der Waals surface area contributed by atoms with Crippen LogP contribution in [0.1, 0.15) is 38.3 Å². The van der Waals surface area contributed by atoms with Gasteiger partial charge in [0, 0.05) is 37.3 Å². The molecule has 120 valence electrons. The highest BCUT2D eigenvalue weighted by Gasteiger charge is 2.15. The van der Waals surface area contributed by atoms with Gasteiger partial charge in [-0.05, 0) is 44.5 Å². The maximum Gasteiger partial charge on any atom is 0.0589 e. The molecule has 0 amide bonds. The molecule has 21 heavy (non-hydrogen) atoms. The van der Waals surface area contributed by atoms with E-state index in [1.807, 2.05) is 25.2 Å². The minimum absolute atomic E-state index is 0.331. The van der Waals surface area contributed by atoms with Gasteiger partial charge in [0.2, 0.25) is 0 Å². The number of rotatable bonds is 10. The highest BCUT2D eigenvalue weighted by molar-refractivity contribution is 6.30. The zero-order valence-electron chi connectivity index (χ0n) is 13.7. The number of nitrogens with zero attached hydrogens (tertiary/aromatic N) is 1. The topological polar surface area (TPSA) is 24.5 Å². The zero-order chi connectivity index (χ0) is 15.7. The predicted octanol–water partition coefficient (Wildman–Crippen LogP) is 3.74. The highest BCUT2D eigenvalue weighted by Crippen LogP contribution is 2.21. The van der Waals surface area contributed by atoms with Crippen molar-refractivity contribution in [2.24, 2.45) is 0 Å². The molecule has 0 radical (unpaired) electrons. The second-order valence-corrected chi connectivity index (χ2v) is 5.91. The van der Waals surface area contributed by atoms with E-state index in [0.717, 1.165) is 37.6 Å². The van der Waals surface area contributed by atoms with Crippen LogP contribution in [0.2, 0.25) is 5.02 Å². The van der Waals surface area contributed by atoms with Crippen LogP contribution in [0.5, 0.6) is 0 Å². The molecule has 0 heterocycles. The maximum atomic E-state index is 6.10. The van der Waals surface area contributed by atoms with Crippen LogP contribution in [0.3, 0.4) is 0 Å².